The third-order valence-corrected chi connectivity index (χ3v) is 5.02. The van der Waals surface area contributed by atoms with Crippen molar-refractivity contribution in [2.45, 2.75) is 30.7 Å². The molecule has 1 aliphatic rings. The van der Waals surface area contributed by atoms with E-state index >= 15 is 0 Å². The Balaban J connectivity index is 1.83. The molecule has 0 unspecified atom stereocenters. The lowest BCUT2D eigenvalue weighted by Gasteiger charge is -2.25. The number of fused-ring (bicyclic) bond motifs is 3. The second kappa shape index (κ2) is 8.41. The molecular weight excluding hydrogens is 456 g/mol. The molecule has 0 radical (unpaired) electrons. The van der Waals surface area contributed by atoms with Crippen LogP contribution in [0.4, 0.5) is 32.0 Å². The van der Waals surface area contributed by atoms with E-state index in [4.69, 9.17) is 0 Å². The fraction of sp³-hybridized carbons (Fsp3) is 0.286. The molecule has 0 bridgehead atoms. The van der Waals surface area contributed by atoms with Gasteiger partial charge in [-0.1, -0.05) is 42.5 Å². The van der Waals surface area contributed by atoms with Crippen molar-refractivity contribution in [3.05, 3.63) is 54.1 Å². The van der Waals surface area contributed by atoms with Gasteiger partial charge in [0.15, 0.2) is 0 Å². The zero-order valence-electron chi connectivity index (χ0n) is 16.9. The highest BCUT2D eigenvalue weighted by Crippen LogP contribution is 2.37. The summed E-state index contributed by atoms with van der Waals surface area (Å²) >= 11 is 0. The Bertz CT molecular complexity index is 1100. The van der Waals surface area contributed by atoms with Crippen LogP contribution in [0.3, 0.4) is 0 Å². The number of para-hydroxylation sites is 1. The van der Waals surface area contributed by atoms with Crippen LogP contribution >= 0.6 is 0 Å². The van der Waals surface area contributed by atoms with E-state index in [2.05, 4.69) is 10.6 Å². The first-order valence-corrected chi connectivity index (χ1v) is 9.47. The van der Waals surface area contributed by atoms with Crippen molar-refractivity contribution < 1.29 is 40.7 Å². The quantitative estimate of drug-likeness (QED) is 0.459. The summed E-state index contributed by atoms with van der Waals surface area (Å²) in [4.78, 5) is 37.2. The number of halogens is 6. The minimum atomic E-state index is -5.98. The van der Waals surface area contributed by atoms with E-state index in [-0.39, 0.29) is 5.56 Å². The fourth-order valence-corrected chi connectivity index (χ4v) is 3.14. The van der Waals surface area contributed by atoms with E-state index < -0.39 is 48.1 Å². The van der Waals surface area contributed by atoms with E-state index in [1.165, 1.54) is 6.07 Å². The molecule has 2 aromatic rings. The van der Waals surface area contributed by atoms with Crippen molar-refractivity contribution in [3.63, 3.8) is 0 Å². The zero-order valence-corrected chi connectivity index (χ0v) is 16.9. The van der Waals surface area contributed by atoms with E-state index in [1.807, 2.05) is 0 Å². The van der Waals surface area contributed by atoms with E-state index in [9.17, 15) is 40.7 Å². The Hall–Kier alpha value is -3.57. The number of rotatable bonds is 5. The Morgan fingerprint density at radius 2 is 1.48 bits per heavy atom. The number of benzene rings is 2. The molecule has 0 spiro atoms. The number of carbonyl (C=O) groups is 3. The molecule has 3 amide bonds. The van der Waals surface area contributed by atoms with Gasteiger partial charge in [-0.2, -0.15) is 22.0 Å². The van der Waals surface area contributed by atoms with Gasteiger partial charge in [0.1, 0.15) is 6.04 Å². The van der Waals surface area contributed by atoms with Gasteiger partial charge < -0.3 is 16.0 Å². The molecular formula is C21H17F6N3O3. The molecule has 0 fully saturated rings. The summed E-state index contributed by atoms with van der Waals surface area (Å²) in [5.41, 5.74) is -1.77. The Kier molecular flexibility index (Phi) is 6.14. The van der Waals surface area contributed by atoms with Gasteiger partial charge in [0, 0.05) is 11.3 Å². The third-order valence-electron chi connectivity index (χ3n) is 5.02. The number of alkyl halides is 6. The first kappa shape index (κ1) is 24.1. The molecule has 1 heterocycles. The lowest BCUT2D eigenvalue weighted by Crippen LogP contribution is -2.56. The Labute approximate surface area is 183 Å². The van der Waals surface area contributed by atoms with Crippen molar-refractivity contribution in [2.24, 2.45) is 0 Å². The monoisotopic (exact) mass is 473 g/mol. The molecule has 6 nitrogen and oxygen atoms in total. The summed E-state index contributed by atoms with van der Waals surface area (Å²) in [6, 6.07) is 11.5. The summed E-state index contributed by atoms with van der Waals surface area (Å²) in [5.74, 6) is -9.83. The summed E-state index contributed by atoms with van der Waals surface area (Å²) in [7, 11) is 0. The minimum Gasteiger partial charge on any atom is -0.346 e. The molecule has 0 saturated carbocycles. The minimum absolute atomic E-state index is 0.258. The molecule has 0 aromatic heterocycles. The molecule has 0 saturated heterocycles. The highest BCUT2D eigenvalue weighted by atomic mass is 19.4. The van der Waals surface area contributed by atoms with Crippen LogP contribution in [-0.4, -0.2) is 42.0 Å². The van der Waals surface area contributed by atoms with Crippen LogP contribution in [0, 0.1) is 0 Å². The summed E-state index contributed by atoms with van der Waals surface area (Å²) in [6.45, 7) is -1.87. The topological polar surface area (TPSA) is 87.3 Å². The Morgan fingerprint density at radius 1 is 0.909 bits per heavy atom. The van der Waals surface area contributed by atoms with E-state index in [1.54, 1.807) is 42.5 Å². The maximum absolute atomic E-state index is 14.9. The Morgan fingerprint density at radius 3 is 2.12 bits per heavy atom. The molecule has 0 aliphatic carbocycles. The van der Waals surface area contributed by atoms with Crippen molar-refractivity contribution in [1.82, 2.24) is 10.6 Å². The maximum atomic E-state index is 14.9. The van der Waals surface area contributed by atoms with Crippen molar-refractivity contribution >= 4 is 23.4 Å². The number of carbonyl (C=O) groups excluding carboxylic acids is 3. The van der Waals surface area contributed by atoms with Crippen LogP contribution in [0.25, 0.3) is 11.1 Å². The predicted octanol–water partition coefficient (Wildman–Crippen LogP) is 3.51. The lowest BCUT2D eigenvalue weighted by molar-refractivity contribution is -0.278. The van der Waals surface area contributed by atoms with Crippen molar-refractivity contribution in [1.29, 1.82) is 0 Å². The first-order chi connectivity index (χ1) is 15.3. The van der Waals surface area contributed by atoms with Crippen LogP contribution in [0.2, 0.25) is 0 Å². The van der Waals surface area contributed by atoms with Gasteiger partial charge in [-0.3, -0.25) is 14.4 Å². The second-order valence-electron chi connectivity index (χ2n) is 7.42. The van der Waals surface area contributed by atoms with Gasteiger partial charge in [0.2, 0.25) is 0 Å². The smallest absolute Gasteiger partial charge is 0.346 e. The average molecular weight is 473 g/mol. The van der Waals surface area contributed by atoms with Gasteiger partial charge in [-0.05, 0) is 24.1 Å². The highest BCUT2D eigenvalue weighted by molar-refractivity contribution is 6.10. The van der Waals surface area contributed by atoms with Crippen LogP contribution in [0.1, 0.15) is 18.5 Å². The second-order valence-corrected chi connectivity index (χ2v) is 7.42. The number of nitrogens with one attached hydrogen (secondary N) is 3. The summed E-state index contributed by atoms with van der Waals surface area (Å²) in [6.07, 6.45) is -5.98. The fourth-order valence-electron chi connectivity index (χ4n) is 3.14. The average Bonchev–Trinajstić information content (AvgIpc) is 2.86. The standard InChI is InChI=1S/C21H17F6N3O3/c1-19(22,17(32)28-10-20(23,24)21(25,26)27)18(33)30-15-13-8-3-2-6-11(13)12-7-4-5-9-14(12)29-16(15)31/h2-9,15H,10H2,1H3,(H,28,32)(H,29,31)(H,30,33)/t15-,19-/m0/s1. The zero-order chi connectivity index (χ0) is 24.6. The van der Waals surface area contributed by atoms with Crippen LogP contribution in [-0.2, 0) is 14.4 Å². The van der Waals surface area contributed by atoms with Crippen molar-refractivity contribution in [3.8, 4) is 11.1 Å². The van der Waals surface area contributed by atoms with Gasteiger partial charge in [0.25, 0.3) is 23.4 Å². The lowest BCUT2D eigenvalue weighted by atomic mass is 9.94. The van der Waals surface area contributed by atoms with Gasteiger partial charge >= 0.3 is 12.1 Å². The number of anilines is 1. The normalized spacial score (nSPS) is 17.5. The summed E-state index contributed by atoms with van der Waals surface area (Å²) in [5, 5.41) is 5.72. The van der Waals surface area contributed by atoms with E-state index in [0.717, 1.165) is 5.32 Å². The SMILES string of the molecule is C[C@](F)(C(=O)NCC(F)(F)C(F)(F)F)C(=O)N[C@@H]1C(=O)Nc2ccccc2-c2ccccc21. The highest BCUT2D eigenvalue weighted by Gasteiger charge is 2.58. The van der Waals surface area contributed by atoms with Gasteiger partial charge in [-0.15, -0.1) is 0 Å². The molecule has 2 atom stereocenters. The molecule has 33 heavy (non-hydrogen) atoms. The molecule has 2 aromatic carbocycles. The number of hydrogen-bond donors (Lipinski definition) is 3. The predicted molar refractivity (Wildman–Crippen MR) is 105 cm³/mol. The van der Waals surface area contributed by atoms with Crippen LogP contribution in [0.5, 0.6) is 0 Å². The maximum Gasteiger partial charge on any atom is 0.455 e. The summed E-state index contributed by atoms with van der Waals surface area (Å²) < 4.78 is 77.7. The number of hydrogen-bond acceptors (Lipinski definition) is 3. The molecule has 176 valence electrons. The van der Waals surface area contributed by atoms with E-state index in [0.29, 0.717) is 23.7 Å². The number of amides is 3. The molecule has 12 heteroatoms. The molecule has 3 rings (SSSR count). The van der Waals surface area contributed by atoms with Crippen LogP contribution in [0.15, 0.2) is 48.5 Å². The third kappa shape index (κ3) is 4.64. The van der Waals surface area contributed by atoms with Crippen LogP contribution < -0.4 is 16.0 Å². The largest absolute Gasteiger partial charge is 0.455 e. The van der Waals surface area contributed by atoms with Gasteiger partial charge in [-0.25, -0.2) is 4.39 Å². The van der Waals surface area contributed by atoms with Crippen molar-refractivity contribution in [2.75, 3.05) is 11.9 Å². The first-order valence-electron chi connectivity index (χ1n) is 9.47. The van der Waals surface area contributed by atoms with Gasteiger partial charge in [0.05, 0.1) is 6.54 Å². The molecule has 1 aliphatic heterocycles. The molecule has 3 N–H and O–H groups in total.